The van der Waals surface area contributed by atoms with Crippen molar-refractivity contribution in [2.24, 2.45) is 0 Å². The summed E-state index contributed by atoms with van der Waals surface area (Å²) in [6.45, 7) is 5.89. The predicted molar refractivity (Wildman–Crippen MR) is 120 cm³/mol. The minimum Gasteiger partial charge on any atom is -0.454 e. The molecule has 0 atom stereocenters. The van der Waals surface area contributed by atoms with Crippen LogP contribution < -0.4 is 14.4 Å². The fourth-order valence-electron chi connectivity index (χ4n) is 3.99. The van der Waals surface area contributed by atoms with Crippen LogP contribution in [-0.4, -0.2) is 55.9 Å². The molecule has 0 bridgehead atoms. The van der Waals surface area contributed by atoms with E-state index in [0.717, 1.165) is 34.0 Å². The van der Waals surface area contributed by atoms with Crippen LogP contribution in [-0.2, 0) is 10.0 Å². The van der Waals surface area contributed by atoms with Gasteiger partial charge in [0.1, 0.15) is 0 Å². The van der Waals surface area contributed by atoms with E-state index in [4.69, 9.17) is 9.47 Å². The molecule has 8 nitrogen and oxygen atoms in total. The lowest BCUT2D eigenvalue weighted by Crippen LogP contribution is -2.49. The number of sulfonamides is 1. The molecule has 0 radical (unpaired) electrons. The highest BCUT2D eigenvalue weighted by Crippen LogP contribution is 2.35. The van der Waals surface area contributed by atoms with Gasteiger partial charge in [0.2, 0.25) is 16.8 Å². The molecule has 2 aromatic carbocycles. The molecule has 2 aliphatic heterocycles. The van der Waals surface area contributed by atoms with Crippen LogP contribution in [0, 0.1) is 13.8 Å². The summed E-state index contributed by atoms with van der Waals surface area (Å²) in [7, 11) is -3.52. The van der Waals surface area contributed by atoms with Crippen LogP contribution >= 0.6 is 0 Å². The zero-order valence-corrected chi connectivity index (χ0v) is 18.8. The number of anilines is 1. The van der Waals surface area contributed by atoms with E-state index in [2.05, 4.69) is 15.1 Å². The fourth-order valence-corrected chi connectivity index (χ4v) is 5.72. The maximum Gasteiger partial charge on any atom is 0.243 e. The lowest BCUT2D eigenvalue weighted by molar-refractivity contribution is 0.174. The number of piperazine rings is 1. The molecule has 5 rings (SSSR count). The summed E-state index contributed by atoms with van der Waals surface area (Å²) in [4.78, 5) is 2.45. The molecule has 2 aliphatic rings. The first-order valence-electron chi connectivity index (χ1n) is 10.5. The van der Waals surface area contributed by atoms with E-state index < -0.39 is 10.0 Å². The molecule has 0 saturated carbocycles. The Labute approximate surface area is 187 Å². The van der Waals surface area contributed by atoms with Crippen molar-refractivity contribution in [3.05, 3.63) is 59.7 Å². The number of hydrogen-bond donors (Lipinski definition) is 0. The maximum atomic E-state index is 13.1. The maximum absolute atomic E-state index is 13.1. The van der Waals surface area contributed by atoms with Gasteiger partial charge in [0, 0.05) is 31.7 Å². The highest BCUT2D eigenvalue weighted by molar-refractivity contribution is 7.89. The van der Waals surface area contributed by atoms with Gasteiger partial charge in [-0.3, -0.25) is 0 Å². The largest absolute Gasteiger partial charge is 0.454 e. The summed E-state index contributed by atoms with van der Waals surface area (Å²) >= 11 is 0. The number of aryl methyl sites for hydroxylation is 2. The van der Waals surface area contributed by atoms with Crippen molar-refractivity contribution < 1.29 is 17.9 Å². The average molecular weight is 453 g/mol. The van der Waals surface area contributed by atoms with Crippen LogP contribution in [0.15, 0.2) is 53.4 Å². The van der Waals surface area contributed by atoms with Gasteiger partial charge in [0.25, 0.3) is 0 Å². The SMILES string of the molecule is Cc1ccc(C)c(S(=O)(=O)N2CCN(c3ccc(-c4ccc5c(c4)OCO5)nn3)CC2)c1. The minimum absolute atomic E-state index is 0.231. The normalized spacial score (nSPS) is 16.4. The summed E-state index contributed by atoms with van der Waals surface area (Å²) in [5, 5.41) is 8.75. The first kappa shape index (κ1) is 20.7. The molecule has 166 valence electrons. The van der Waals surface area contributed by atoms with E-state index in [9.17, 15) is 8.42 Å². The van der Waals surface area contributed by atoms with Crippen molar-refractivity contribution in [3.63, 3.8) is 0 Å². The van der Waals surface area contributed by atoms with Gasteiger partial charge in [-0.25, -0.2) is 8.42 Å². The first-order valence-corrected chi connectivity index (χ1v) is 11.9. The Morgan fingerprint density at radius 1 is 0.844 bits per heavy atom. The monoisotopic (exact) mass is 452 g/mol. The molecule has 0 spiro atoms. The zero-order valence-electron chi connectivity index (χ0n) is 18.0. The van der Waals surface area contributed by atoms with Crippen LogP contribution in [0.4, 0.5) is 5.82 Å². The smallest absolute Gasteiger partial charge is 0.243 e. The fraction of sp³-hybridized carbons (Fsp3) is 0.304. The molecule has 1 fully saturated rings. The van der Waals surface area contributed by atoms with Crippen LogP contribution in [0.3, 0.4) is 0 Å². The third-order valence-corrected chi connectivity index (χ3v) is 7.88. The highest BCUT2D eigenvalue weighted by Gasteiger charge is 2.30. The van der Waals surface area contributed by atoms with Gasteiger partial charge in [0.15, 0.2) is 17.3 Å². The van der Waals surface area contributed by atoms with E-state index in [-0.39, 0.29) is 6.79 Å². The lowest BCUT2D eigenvalue weighted by atomic mass is 10.1. The molecule has 0 unspecified atom stereocenters. The topological polar surface area (TPSA) is 84.9 Å². The van der Waals surface area contributed by atoms with Gasteiger partial charge < -0.3 is 14.4 Å². The Balaban J connectivity index is 1.28. The Kier molecular flexibility index (Phi) is 5.22. The molecule has 0 amide bonds. The number of rotatable bonds is 4. The van der Waals surface area contributed by atoms with Gasteiger partial charge in [-0.1, -0.05) is 12.1 Å². The lowest BCUT2D eigenvalue weighted by Gasteiger charge is -2.34. The number of ether oxygens (including phenoxy) is 2. The first-order chi connectivity index (χ1) is 15.4. The van der Waals surface area contributed by atoms with Crippen molar-refractivity contribution in [1.82, 2.24) is 14.5 Å². The Morgan fingerprint density at radius 2 is 1.62 bits per heavy atom. The summed E-state index contributed by atoms with van der Waals surface area (Å²) in [5.41, 5.74) is 3.34. The second-order valence-electron chi connectivity index (χ2n) is 8.00. The number of aromatic nitrogens is 2. The Hall–Kier alpha value is -3.17. The molecule has 0 N–H and O–H groups in total. The van der Waals surface area contributed by atoms with Gasteiger partial charge in [0.05, 0.1) is 10.6 Å². The van der Waals surface area contributed by atoms with E-state index in [0.29, 0.717) is 36.8 Å². The molecule has 3 heterocycles. The summed E-state index contributed by atoms with van der Waals surface area (Å²) < 4.78 is 38.6. The van der Waals surface area contributed by atoms with Crippen molar-refractivity contribution in [3.8, 4) is 22.8 Å². The molecule has 1 saturated heterocycles. The number of nitrogens with zero attached hydrogens (tertiary/aromatic N) is 4. The van der Waals surface area contributed by atoms with Gasteiger partial charge in [-0.05, 0) is 61.4 Å². The third-order valence-electron chi connectivity index (χ3n) is 5.84. The van der Waals surface area contributed by atoms with Crippen molar-refractivity contribution in [2.45, 2.75) is 18.7 Å². The molecule has 32 heavy (non-hydrogen) atoms. The van der Waals surface area contributed by atoms with Gasteiger partial charge >= 0.3 is 0 Å². The number of hydrogen-bond acceptors (Lipinski definition) is 7. The second-order valence-corrected chi connectivity index (χ2v) is 9.91. The Bertz CT molecular complexity index is 1250. The molecule has 0 aliphatic carbocycles. The number of benzene rings is 2. The summed E-state index contributed by atoms with van der Waals surface area (Å²) in [6.07, 6.45) is 0. The van der Waals surface area contributed by atoms with Gasteiger partial charge in [-0.2, -0.15) is 4.31 Å². The van der Waals surface area contributed by atoms with E-state index in [1.54, 1.807) is 10.4 Å². The standard InChI is InChI=1S/C23H24N4O4S/c1-16-3-4-17(2)22(13-16)32(28,29)27-11-9-26(10-12-27)23-8-6-19(24-25-23)18-5-7-20-21(14-18)31-15-30-20/h3-8,13-14H,9-12,15H2,1-2H3. The predicted octanol–water partition coefficient (Wildman–Crippen LogP) is 3.00. The highest BCUT2D eigenvalue weighted by atomic mass is 32.2. The average Bonchev–Trinajstić information content (AvgIpc) is 3.29. The van der Waals surface area contributed by atoms with Crippen molar-refractivity contribution in [1.29, 1.82) is 0 Å². The summed E-state index contributed by atoms with van der Waals surface area (Å²) in [6, 6.07) is 15.0. The van der Waals surface area contributed by atoms with Crippen LogP contribution in [0.1, 0.15) is 11.1 Å². The van der Waals surface area contributed by atoms with Crippen LogP contribution in [0.25, 0.3) is 11.3 Å². The third kappa shape index (κ3) is 3.78. The van der Waals surface area contributed by atoms with E-state index >= 15 is 0 Å². The van der Waals surface area contributed by atoms with Gasteiger partial charge in [-0.15, -0.1) is 10.2 Å². The van der Waals surface area contributed by atoms with Crippen LogP contribution in [0.5, 0.6) is 11.5 Å². The molecular weight excluding hydrogens is 428 g/mol. The Morgan fingerprint density at radius 3 is 2.38 bits per heavy atom. The van der Waals surface area contributed by atoms with E-state index in [1.165, 1.54) is 0 Å². The summed E-state index contributed by atoms with van der Waals surface area (Å²) in [5.74, 6) is 2.17. The minimum atomic E-state index is -3.52. The molecular formula is C23H24N4O4S. The second kappa shape index (κ2) is 8.07. The van der Waals surface area contributed by atoms with Crippen LogP contribution in [0.2, 0.25) is 0 Å². The van der Waals surface area contributed by atoms with Crippen molar-refractivity contribution in [2.75, 3.05) is 37.9 Å². The molecule has 1 aromatic heterocycles. The quantitative estimate of drug-likeness (QED) is 0.602. The number of fused-ring (bicyclic) bond motifs is 1. The van der Waals surface area contributed by atoms with Crippen molar-refractivity contribution >= 4 is 15.8 Å². The zero-order chi connectivity index (χ0) is 22.3. The molecule has 9 heteroatoms. The van der Waals surface area contributed by atoms with E-state index in [1.807, 2.05) is 56.3 Å². The molecule has 3 aromatic rings.